The predicted octanol–water partition coefficient (Wildman–Crippen LogP) is 4.44. The van der Waals surface area contributed by atoms with Crippen molar-refractivity contribution < 1.29 is 22.8 Å². The number of hydrogen-bond acceptors (Lipinski definition) is 4. The van der Waals surface area contributed by atoms with E-state index in [0.717, 1.165) is 12.1 Å². The molecule has 0 saturated heterocycles. The van der Waals surface area contributed by atoms with Gasteiger partial charge in [0.15, 0.2) is 5.13 Å². The third-order valence-electron chi connectivity index (χ3n) is 4.69. The van der Waals surface area contributed by atoms with Crippen LogP contribution in [0.5, 0.6) is 0 Å². The van der Waals surface area contributed by atoms with Crippen molar-refractivity contribution in [2.75, 3.05) is 16.8 Å². The minimum atomic E-state index is -4.45. The lowest BCUT2D eigenvalue weighted by atomic mass is 10.1. The summed E-state index contributed by atoms with van der Waals surface area (Å²) in [6.07, 6.45) is -1.23. The summed E-state index contributed by atoms with van der Waals surface area (Å²) in [5.41, 5.74) is -0.0643. The maximum Gasteiger partial charge on any atom is 0.416 e. The molecule has 3 heterocycles. The van der Waals surface area contributed by atoms with Crippen molar-refractivity contribution in [2.24, 2.45) is 0 Å². The summed E-state index contributed by atoms with van der Waals surface area (Å²) in [4.78, 5) is 31.1. The van der Waals surface area contributed by atoms with Gasteiger partial charge in [-0.1, -0.05) is 0 Å². The summed E-state index contributed by atoms with van der Waals surface area (Å²) >= 11 is 1.25. The van der Waals surface area contributed by atoms with E-state index in [1.54, 1.807) is 28.4 Å². The number of nitrogens with zero attached hydrogens (tertiary/aromatic N) is 3. The number of carbonyl (C=O) groups is 2. The second-order valence-corrected chi connectivity index (χ2v) is 7.48. The number of hydrogen-bond donors (Lipinski definition) is 1. The number of anilines is 2. The molecule has 0 bridgehead atoms. The summed E-state index contributed by atoms with van der Waals surface area (Å²) in [7, 11) is 0. The molecular weight excluding hydrogens is 405 g/mol. The molecule has 0 radical (unpaired) electrons. The molecule has 1 aromatic carbocycles. The van der Waals surface area contributed by atoms with Gasteiger partial charge in [-0.15, -0.1) is 11.3 Å². The van der Waals surface area contributed by atoms with Gasteiger partial charge in [0, 0.05) is 36.0 Å². The minimum Gasteiger partial charge on any atom is -0.338 e. The molecule has 6 nitrogen and oxygen atoms in total. The zero-order valence-corrected chi connectivity index (χ0v) is 15.9. The molecule has 0 unspecified atom stereocenters. The van der Waals surface area contributed by atoms with Gasteiger partial charge in [0.25, 0.3) is 11.8 Å². The van der Waals surface area contributed by atoms with Crippen LogP contribution < -0.4 is 10.2 Å². The first-order valence-electron chi connectivity index (χ1n) is 8.66. The Labute approximate surface area is 167 Å². The maximum absolute atomic E-state index is 13.1. The lowest BCUT2D eigenvalue weighted by molar-refractivity contribution is -0.137. The predicted molar refractivity (Wildman–Crippen MR) is 102 cm³/mol. The van der Waals surface area contributed by atoms with Crippen LogP contribution in [0.3, 0.4) is 0 Å². The Bertz CT molecular complexity index is 1060. The molecule has 1 N–H and O–H groups in total. The number of fused-ring (bicyclic) bond motifs is 1. The van der Waals surface area contributed by atoms with Crippen molar-refractivity contribution in [3.63, 3.8) is 0 Å². The summed E-state index contributed by atoms with van der Waals surface area (Å²) in [6, 6.07) is 5.81. The van der Waals surface area contributed by atoms with E-state index in [1.807, 2.05) is 6.92 Å². The fraction of sp³-hybridized carbons (Fsp3) is 0.211. The van der Waals surface area contributed by atoms with E-state index in [9.17, 15) is 22.8 Å². The van der Waals surface area contributed by atoms with E-state index < -0.39 is 23.6 Å². The topological polar surface area (TPSA) is 67.2 Å². The Morgan fingerprint density at radius 3 is 2.59 bits per heavy atom. The van der Waals surface area contributed by atoms with Crippen LogP contribution in [0.1, 0.15) is 39.4 Å². The highest BCUT2D eigenvalue weighted by Crippen LogP contribution is 2.33. The Hall–Kier alpha value is -3.14. The molecule has 0 aliphatic carbocycles. The Morgan fingerprint density at radius 1 is 1.24 bits per heavy atom. The summed E-state index contributed by atoms with van der Waals surface area (Å²) < 4.78 is 40.2. The Kier molecular flexibility index (Phi) is 4.65. The molecule has 1 aliphatic heterocycles. The van der Waals surface area contributed by atoms with E-state index >= 15 is 0 Å². The van der Waals surface area contributed by atoms with Gasteiger partial charge in [-0.2, -0.15) is 13.2 Å². The minimum absolute atomic E-state index is 0.161. The molecule has 0 fully saturated rings. The SMILES string of the molecule is C[C@H]1CN(c2ccc(C(F)(F)F)cc2)C(=O)c2c(C(=O)Nc3nccs3)ccn21. The Morgan fingerprint density at radius 2 is 1.97 bits per heavy atom. The van der Waals surface area contributed by atoms with E-state index in [-0.39, 0.29) is 23.8 Å². The number of carbonyl (C=O) groups excluding carboxylic acids is 2. The van der Waals surface area contributed by atoms with Crippen molar-refractivity contribution in [2.45, 2.75) is 19.1 Å². The molecule has 3 aromatic rings. The van der Waals surface area contributed by atoms with Crippen molar-refractivity contribution >= 4 is 34.0 Å². The average Bonchev–Trinajstić information content (AvgIpc) is 3.34. The fourth-order valence-corrected chi connectivity index (χ4v) is 3.81. The molecular formula is C19H15F3N4O2S. The zero-order valence-electron chi connectivity index (χ0n) is 15.1. The first-order valence-corrected chi connectivity index (χ1v) is 9.54. The molecule has 1 atom stereocenters. The lowest BCUT2D eigenvalue weighted by Crippen LogP contribution is -2.43. The Balaban J connectivity index is 1.66. The van der Waals surface area contributed by atoms with Crippen LogP contribution in [0, 0.1) is 0 Å². The highest BCUT2D eigenvalue weighted by molar-refractivity contribution is 7.13. The lowest BCUT2D eigenvalue weighted by Gasteiger charge is -2.33. The quantitative estimate of drug-likeness (QED) is 0.681. The van der Waals surface area contributed by atoms with E-state index in [4.69, 9.17) is 0 Å². The largest absolute Gasteiger partial charge is 0.416 e. The first-order chi connectivity index (χ1) is 13.8. The van der Waals surface area contributed by atoms with Crippen LogP contribution in [0.4, 0.5) is 24.0 Å². The average molecular weight is 420 g/mol. The van der Waals surface area contributed by atoms with Crippen LogP contribution in [-0.4, -0.2) is 27.9 Å². The number of alkyl halides is 3. The number of nitrogens with one attached hydrogen (secondary N) is 1. The van der Waals surface area contributed by atoms with E-state index in [2.05, 4.69) is 10.3 Å². The third kappa shape index (κ3) is 3.51. The molecule has 0 spiro atoms. The molecule has 4 rings (SSSR count). The summed E-state index contributed by atoms with van der Waals surface area (Å²) in [6.45, 7) is 2.15. The summed E-state index contributed by atoms with van der Waals surface area (Å²) in [5, 5.41) is 4.77. The maximum atomic E-state index is 13.1. The fourth-order valence-electron chi connectivity index (χ4n) is 3.29. The normalized spacial score (nSPS) is 16.6. The van der Waals surface area contributed by atoms with Gasteiger partial charge in [-0.25, -0.2) is 4.98 Å². The monoisotopic (exact) mass is 420 g/mol. The molecule has 2 aromatic heterocycles. The first kappa shape index (κ1) is 19.2. The van der Waals surface area contributed by atoms with Crippen molar-refractivity contribution in [1.29, 1.82) is 0 Å². The number of amides is 2. The van der Waals surface area contributed by atoms with E-state index in [0.29, 0.717) is 10.8 Å². The van der Waals surface area contributed by atoms with Gasteiger partial charge in [0.1, 0.15) is 5.69 Å². The highest BCUT2D eigenvalue weighted by atomic mass is 32.1. The van der Waals surface area contributed by atoms with Gasteiger partial charge >= 0.3 is 6.18 Å². The van der Waals surface area contributed by atoms with Crippen LogP contribution in [-0.2, 0) is 6.18 Å². The van der Waals surface area contributed by atoms with Crippen LogP contribution in [0.2, 0.25) is 0 Å². The van der Waals surface area contributed by atoms with Crippen LogP contribution >= 0.6 is 11.3 Å². The third-order valence-corrected chi connectivity index (χ3v) is 5.38. The number of benzene rings is 1. The number of rotatable bonds is 3. The van der Waals surface area contributed by atoms with Gasteiger partial charge < -0.3 is 9.47 Å². The second kappa shape index (κ2) is 7.03. The van der Waals surface area contributed by atoms with Crippen molar-refractivity contribution in [3.8, 4) is 0 Å². The smallest absolute Gasteiger partial charge is 0.338 e. The molecule has 150 valence electrons. The van der Waals surface area contributed by atoms with Crippen molar-refractivity contribution in [3.05, 3.63) is 64.9 Å². The zero-order chi connectivity index (χ0) is 20.8. The molecule has 0 saturated carbocycles. The van der Waals surface area contributed by atoms with Crippen LogP contribution in [0.15, 0.2) is 48.1 Å². The van der Waals surface area contributed by atoms with Gasteiger partial charge in [0.05, 0.1) is 11.1 Å². The number of halogens is 3. The summed E-state index contributed by atoms with van der Waals surface area (Å²) in [5.74, 6) is -0.916. The molecule has 29 heavy (non-hydrogen) atoms. The molecule has 1 aliphatic rings. The van der Waals surface area contributed by atoms with Crippen LogP contribution in [0.25, 0.3) is 0 Å². The number of thiazole rings is 1. The standard InChI is InChI=1S/C19H15F3N4O2S/c1-11-10-26(13-4-2-12(3-5-13)19(20,21)22)17(28)15-14(6-8-25(11)15)16(27)24-18-23-7-9-29-18/h2-9,11H,10H2,1H3,(H,23,24,27)/t11-/m0/s1. The molecule has 10 heteroatoms. The molecule has 2 amide bonds. The van der Waals surface area contributed by atoms with Gasteiger partial charge in [-0.05, 0) is 37.3 Å². The van der Waals surface area contributed by atoms with Gasteiger partial charge in [-0.3, -0.25) is 14.9 Å². The second-order valence-electron chi connectivity index (χ2n) is 6.59. The van der Waals surface area contributed by atoms with Crippen molar-refractivity contribution in [1.82, 2.24) is 9.55 Å². The van der Waals surface area contributed by atoms with Gasteiger partial charge in [0.2, 0.25) is 0 Å². The van der Waals surface area contributed by atoms with E-state index in [1.165, 1.54) is 28.4 Å². The highest BCUT2D eigenvalue weighted by Gasteiger charge is 2.35. The number of aromatic nitrogens is 2.